The van der Waals surface area contributed by atoms with Crippen LogP contribution in [0.4, 0.5) is 5.69 Å². The zero-order chi connectivity index (χ0) is 22.2. The standard InChI is InChI=1S/C24H33N5O2/c1-4-29(22-15-20(16-27-24(22)31)19-9-12-25-13-10-19)21-7-6-14-28(17-21)23(30)8-5-11-26-18(2)3/h5,8-10,12-13,15-16,18,21,26H,4,6-7,11,14,17H2,1-3H3,(H,27,31)/b8-5+/t21-/m1/s1. The van der Waals surface area contributed by atoms with E-state index in [1.165, 1.54) is 0 Å². The molecular formula is C24H33N5O2. The molecule has 0 aromatic carbocycles. The molecule has 7 nitrogen and oxygen atoms in total. The highest BCUT2D eigenvalue weighted by molar-refractivity contribution is 5.87. The molecule has 1 amide bonds. The number of hydrogen-bond donors (Lipinski definition) is 2. The minimum Gasteiger partial charge on any atom is -0.363 e. The van der Waals surface area contributed by atoms with E-state index in [9.17, 15) is 9.59 Å². The number of likely N-dealkylation sites (N-methyl/N-ethyl adjacent to an activating group) is 1. The van der Waals surface area contributed by atoms with Gasteiger partial charge in [-0.05, 0) is 43.5 Å². The summed E-state index contributed by atoms with van der Waals surface area (Å²) in [5.41, 5.74) is 2.49. The fraction of sp³-hybridized carbons (Fsp3) is 0.458. The Balaban J connectivity index is 1.75. The molecule has 1 fully saturated rings. The molecule has 3 rings (SSSR count). The number of rotatable bonds is 8. The van der Waals surface area contributed by atoms with Crippen molar-refractivity contribution in [2.45, 2.75) is 45.7 Å². The van der Waals surface area contributed by atoms with Crippen LogP contribution >= 0.6 is 0 Å². The SMILES string of the molecule is CCN(c1cc(-c2ccncc2)c[nH]c1=O)[C@@H]1CCCN(C(=O)/C=C/CNC(C)C)C1. The lowest BCUT2D eigenvalue weighted by Gasteiger charge is -2.39. The maximum atomic E-state index is 12.7. The highest BCUT2D eigenvalue weighted by Gasteiger charge is 2.28. The summed E-state index contributed by atoms with van der Waals surface area (Å²) in [6.45, 7) is 8.96. The Bertz CT molecular complexity index is 938. The summed E-state index contributed by atoms with van der Waals surface area (Å²) >= 11 is 0. The number of amides is 1. The largest absolute Gasteiger partial charge is 0.363 e. The van der Waals surface area contributed by atoms with Gasteiger partial charge in [0.2, 0.25) is 5.91 Å². The summed E-state index contributed by atoms with van der Waals surface area (Å²) in [6.07, 6.45) is 10.6. The van der Waals surface area contributed by atoms with E-state index in [0.29, 0.717) is 31.4 Å². The van der Waals surface area contributed by atoms with E-state index in [0.717, 1.165) is 30.5 Å². The van der Waals surface area contributed by atoms with Gasteiger partial charge in [0.25, 0.3) is 5.56 Å². The molecule has 31 heavy (non-hydrogen) atoms. The van der Waals surface area contributed by atoms with E-state index in [-0.39, 0.29) is 17.5 Å². The first-order valence-corrected chi connectivity index (χ1v) is 11.1. The van der Waals surface area contributed by atoms with Gasteiger partial charge in [-0.2, -0.15) is 0 Å². The molecule has 2 aromatic heterocycles. The number of carbonyl (C=O) groups excluding carboxylic acids is 1. The molecule has 0 bridgehead atoms. The predicted molar refractivity (Wildman–Crippen MR) is 125 cm³/mol. The molecule has 7 heteroatoms. The Hall–Kier alpha value is -2.93. The second-order valence-electron chi connectivity index (χ2n) is 8.17. The predicted octanol–water partition coefficient (Wildman–Crippen LogP) is 2.81. The molecule has 1 aliphatic heterocycles. The molecule has 1 aliphatic rings. The third-order valence-electron chi connectivity index (χ3n) is 5.60. The average molecular weight is 424 g/mol. The van der Waals surface area contributed by atoms with E-state index in [2.05, 4.69) is 41.0 Å². The average Bonchev–Trinajstić information content (AvgIpc) is 2.79. The van der Waals surface area contributed by atoms with Gasteiger partial charge in [-0.1, -0.05) is 19.9 Å². The van der Waals surface area contributed by atoms with E-state index < -0.39 is 0 Å². The summed E-state index contributed by atoms with van der Waals surface area (Å²) < 4.78 is 0. The molecule has 2 aromatic rings. The maximum Gasteiger partial charge on any atom is 0.271 e. The number of pyridine rings is 2. The fourth-order valence-corrected chi connectivity index (χ4v) is 4.00. The molecule has 2 N–H and O–H groups in total. The van der Waals surface area contributed by atoms with Crippen LogP contribution in [0.5, 0.6) is 0 Å². The second kappa shape index (κ2) is 10.9. The van der Waals surface area contributed by atoms with Crippen LogP contribution in [0.3, 0.4) is 0 Å². The van der Waals surface area contributed by atoms with Crippen LogP contribution in [0.2, 0.25) is 0 Å². The van der Waals surface area contributed by atoms with Crippen molar-refractivity contribution in [2.75, 3.05) is 31.1 Å². The number of H-pyrrole nitrogens is 1. The van der Waals surface area contributed by atoms with E-state index in [4.69, 9.17) is 0 Å². The monoisotopic (exact) mass is 423 g/mol. The van der Waals surface area contributed by atoms with Crippen molar-refractivity contribution >= 4 is 11.6 Å². The van der Waals surface area contributed by atoms with Crippen LogP contribution in [0.15, 0.2) is 53.7 Å². The van der Waals surface area contributed by atoms with Gasteiger partial charge in [-0.15, -0.1) is 0 Å². The Morgan fingerprint density at radius 3 is 2.84 bits per heavy atom. The third-order valence-corrected chi connectivity index (χ3v) is 5.60. The van der Waals surface area contributed by atoms with Crippen molar-refractivity contribution in [3.05, 3.63) is 59.3 Å². The lowest BCUT2D eigenvalue weighted by molar-refractivity contribution is -0.127. The molecule has 0 aliphatic carbocycles. The van der Waals surface area contributed by atoms with E-state index in [1.54, 1.807) is 24.7 Å². The zero-order valence-electron chi connectivity index (χ0n) is 18.7. The number of aromatic nitrogens is 2. The van der Waals surface area contributed by atoms with E-state index in [1.807, 2.05) is 29.2 Å². The molecule has 0 radical (unpaired) electrons. The highest BCUT2D eigenvalue weighted by Crippen LogP contribution is 2.25. The highest BCUT2D eigenvalue weighted by atomic mass is 16.2. The normalized spacial score (nSPS) is 16.8. The van der Waals surface area contributed by atoms with Crippen molar-refractivity contribution in [1.29, 1.82) is 0 Å². The van der Waals surface area contributed by atoms with Gasteiger partial charge in [0, 0.05) is 68.5 Å². The number of likely N-dealkylation sites (tertiary alicyclic amines) is 1. The van der Waals surface area contributed by atoms with Crippen LogP contribution in [-0.2, 0) is 4.79 Å². The summed E-state index contributed by atoms with van der Waals surface area (Å²) in [4.78, 5) is 36.3. The number of piperidine rings is 1. The third kappa shape index (κ3) is 6.04. The van der Waals surface area contributed by atoms with Gasteiger partial charge in [-0.25, -0.2) is 0 Å². The maximum absolute atomic E-state index is 12.7. The van der Waals surface area contributed by atoms with Crippen LogP contribution in [0, 0.1) is 0 Å². The summed E-state index contributed by atoms with van der Waals surface area (Å²) in [5.74, 6) is 0.0331. The van der Waals surface area contributed by atoms with E-state index >= 15 is 0 Å². The van der Waals surface area contributed by atoms with Crippen LogP contribution < -0.4 is 15.8 Å². The molecule has 0 saturated carbocycles. The zero-order valence-corrected chi connectivity index (χ0v) is 18.7. The van der Waals surface area contributed by atoms with Gasteiger partial charge in [-0.3, -0.25) is 14.6 Å². The molecular weight excluding hydrogens is 390 g/mol. The second-order valence-corrected chi connectivity index (χ2v) is 8.17. The van der Waals surface area contributed by atoms with Crippen molar-refractivity contribution in [1.82, 2.24) is 20.2 Å². The summed E-state index contributed by atoms with van der Waals surface area (Å²) in [7, 11) is 0. The fourth-order valence-electron chi connectivity index (χ4n) is 4.00. The number of anilines is 1. The van der Waals surface area contributed by atoms with Crippen molar-refractivity contribution < 1.29 is 4.79 Å². The molecule has 1 saturated heterocycles. The minimum absolute atomic E-state index is 0.0331. The first-order chi connectivity index (χ1) is 15.0. The first kappa shape index (κ1) is 22.7. The Morgan fingerprint density at radius 2 is 2.13 bits per heavy atom. The lowest BCUT2D eigenvalue weighted by Crippen LogP contribution is -2.50. The number of hydrogen-bond acceptors (Lipinski definition) is 5. The number of aromatic amines is 1. The minimum atomic E-state index is -0.109. The van der Waals surface area contributed by atoms with Gasteiger partial charge >= 0.3 is 0 Å². The van der Waals surface area contributed by atoms with Crippen LogP contribution in [0.25, 0.3) is 11.1 Å². The summed E-state index contributed by atoms with van der Waals surface area (Å²) in [5, 5.41) is 3.28. The number of carbonyl (C=O) groups is 1. The molecule has 3 heterocycles. The van der Waals surface area contributed by atoms with Gasteiger partial charge in [0.15, 0.2) is 0 Å². The Kier molecular flexibility index (Phi) is 8.00. The van der Waals surface area contributed by atoms with Crippen molar-refractivity contribution in [2.24, 2.45) is 0 Å². The van der Waals surface area contributed by atoms with Gasteiger partial charge in [0.05, 0.1) is 0 Å². The van der Waals surface area contributed by atoms with Crippen LogP contribution in [0.1, 0.15) is 33.6 Å². The summed E-state index contributed by atoms with van der Waals surface area (Å²) in [6, 6.07) is 6.29. The molecule has 0 unspecified atom stereocenters. The number of nitrogens with one attached hydrogen (secondary N) is 2. The van der Waals surface area contributed by atoms with Crippen LogP contribution in [-0.4, -0.2) is 59.0 Å². The Labute approximate surface area is 184 Å². The molecule has 1 atom stereocenters. The lowest BCUT2D eigenvalue weighted by atomic mass is 10.0. The quantitative estimate of drug-likeness (QED) is 0.638. The van der Waals surface area contributed by atoms with Gasteiger partial charge < -0.3 is 20.1 Å². The number of nitrogens with zero attached hydrogens (tertiary/aromatic N) is 3. The van der Waals surface area contributed by atoms with Crippen molar-refractivity contribution in [3.8, 4) is 11.1 Å². The topological polar surface area (TPSA) is 81.3 Å². The smallest absolute Gasteiger partial charge is 0.271 e. The van der Waals surface area contributed by atoms with Gasteiger partial charge in [0.1, 0.15) is 5.69 Å². The molecule has 0 spiro atoms. The Morgan fingerprint density at radius 1 is 1.35 bits per heavy atom. The molecule has 166 valence electrons. The van der Waals surface area contributed by atoms with Crippen molar-refractivity contribution in [3.63, 3.8) is 0 Å². The first-order valence-electron chi connectivity index (χ1n) is 11.1.